The summed E-state index contributed by atoms with van der Waals surface area (Å²) in [6, 6.07) is 0. The van der Waals surface area contributed by atoms with Crippen LogP contribution in [0.3, 0.4) is 0 Å². The fourth-order valence-corrected chi connectivity index (χ4v) is 0.500. The Balaban J connectivity index is -0.000000131. The van der Waals surface area contributed by atoms with Crippen LogP contribution < -0.4 is 0 Å². The number of alkyl halides is 4. The Kier molecular flexibility index (Phi) is 23.6. The number of aliphatic hydroxyl groups is 1. The molecule has 5 heteroatoms. The maximum absolute atomic E-state index is 7.00. The van der Waals surface area contributed by atoms with Crippen molar-refractivity contribution < 1.29 is 5.11 Å². The minimum Gasteiger partial charge on any atom is -0.400 e. The Morgan fingerprint density at radius 3 is 1.08 bits per heavy atom. The Morgan fingerprint density at radius 1 is 0.846 bits per heavy atom. The summed E-state index contributed by atoms with van der Waals surface area (Å²) >= 11 is 19.3. The molecule has 13 heavy (non-hydrogen) atoms. The third-order valence-corrected chi connectivity index (χ3v) is 0.957. The van der Waals surface area contributed by atoms with Gasteiger partial charge in [-0.2, -0.15) is 0 Å². The number of halogens is 4. The minimum atomic E-state index is -1.61. The second kappa shape index (κ2) is 15.6. The van der Waals surface area contributed by atoms with Gasteiger partial charge < -0.3 is 5.11 Å². The average molecular weight is 272 g/mol. The van der Waals surface area contributed by atoms with Gasteiger partial charge in [0.05, 0.1) is 0 Å². The highest BCUT2D eigenvalue weighted by atomic mass is 35.6. The van der Waals surface area contributed by atoms with E-state index in [1.807, 2.05) is 0 Å². The van der Waals surface area contributed by atoms with E-state index in [4.69, 9.17) is 51.5 Å². The lowest BCUT2D eigenvalue weighted by molar-refractivity contribution is 0.399. The first kappa shape index (κ1) is 19.7. The minimum absolute atomic E-state index is 1.00. The van der Waals surface area contributed by atoms with Crippen molar-refractivity contribution in [3.8, 4) is 0 Å². The van der Waals surface area contributed by atoms with Crippen LogP contribution >= 0.6 is 46.4 Å². The standard InChI is InChI=1S/C6H14.CCl4.CH4O/c1-3-5-6-4-2;2-1(3,4)5;1-2/h3-6H2,1-2H3;;2H,1H3. The average Bonchev–Trinajstić information content (AvgIpc) is 2.02. The SMILES string of the molecule is CCCCCC.CO.ClC(Cl)(Cl)Cl. The van der Waals surface area contributed by atoms with Crippen LogP contribution in [0.25, 0.3) is 0 Å². The summed E-state index contributed by atoms with van der Waals surface area (Å²) in [5.41, 5.74) is 0. The highest BCUT2D eigenvalue weighted by Crippen LogP contribution is 2.29. The van der Waals surface area contributed by atoms with Crippen LogP contribution in [-0.2, 0) is 0 Å². The molecule has 0 saturated carbocycles. The topological polar surface area (TPSA) is 20.2 Å². The molecule has 84 valence electrons. The normalized spacial score (nSPS) is 9.23. The molecule has 0 aliphatic heterocycles. The smallest absolute Gasteiger partial charge is 0.266 e. The Hall–Kier alpha value is 1.12. The third kappa shape index (κ3) is 95.6. The number of unbranched alkanes of at least 4 members (excludes halogenated alkanes) is 3. The van der Waals surface area contributed by atoms with Gasteiger partial charge in [0.25, 0.3) is 3.25 Å². The fraction of sp³-hybridized carbons (Fsp3) is 1.00. The van der Waals surface area contributed by atoms with Gasteiger partial charge in [-0.1, -0.05) is 85.9 Å². The van der Waals surface area contributed by atoms with Crippen LogP contribution in [0.5, 0.6) is 0 Å². The molecule has 0 heterocycles. The zero-order valence-electron chi connectivity index (χ0n) is 8.29. The Labute approximate surface area is 101 Å². The van der Waals surface area contributed by atoms with Crippen molar-refractivity contribution in [3.05, 3.63) is 0 Å². The van der Waals surface area contributed by atoms with E-state index >= 15 is 0 Å². The second-order valence-corrected chi connectivity index (χ2v) is 5.56. The summed E-state index contributed by atoms with van der Waals surface area (Å²) in [5, 5.41) is 7.00. The molecule has 1 N–H and O–H groups in total. The zero-order valence-corrected chi connectivity index (χ0v) is 11.3. The van der Waals surface area contributed by atoms with Gasteiger partial charge in [0.1, 0.15) is 0 Å². The molecule has 0 rings (SSSR count). The molecule has 0 spiro atoms. The molecular formula is C8H18Cl4O. The predicted molar refractivity (Wildman–Crippen MR) is 64.1 cm³/mol. The van der Waals surface area contributed by atoms with Gasteiger partial charge in [-0.05, 0) is 0 Å². The zero-order chi connectivity index (χ0) is 11.3. The van der Waals surface area contributed by atoms with Gasteiger partial charge in [0.15, 0.2) is 0 Å². The van der Waals surface area contributed by atoms with Crippen molar-refractivity contribution in [2.24, 2.45) is 0 Å². The first-order chi connectivity index (χ1) is 5.91. The maximum Gasteiger partial charge on any atom is 0.266 e. The molecule has 0 aromatic heterocycles. The monoisotopic (exact) mass is 270 g/mol. The van der Waals surface area contributed by atoms with Crippen molar-refractivity contribution in [3.63, 3.8) is 0 Å². The van der Waals surface area contributed by atoms with E-state index in [2.05, 4.69) is 13.8 Å². The van der Waals surface area contributed by atoms with E-state index in [1.165, 1.54) is 25.7 Å². The molecule has 0 atom stereocenters. The molecule has 0 aliphatic rings. The highest BCUT2D eigenvalue weighted by Gasteiger charge is 2.11. The number of rotatable bonds is 3. The van der Waals surface area contributed by atoms with E-state index in [1.54, 1.807) is 0 Å². The number of hydrogen-bond acceptors (Lipinski definition) is 1. The first-order valence-electron chi connectivity index (χ1n) is 4.12. The molecule has 0 aromatic carbocycles. The lowest BCUT2D eigenvalue weighted by Gasteiger charge is -1.91. The molecule has 0 fully saturated rings. The van der Waals surface area contributed by atoms with Crippen LogP contribution in [0, 0.1) is 0 Å². The second-order valence-electron chi connectivity index (χ2n) is 2.14. The molecule has 0 bridgehead atoms. The molecule has 0 aromatic rings. The molecule has 0 saturated heterocycles. The fourth-order valence-electron chi connectivity index (χ4n) is 0.500. The molecular weight excluding hydrogens is 254 g/mol. The lowest BCUT2D eigenvalue weighted by Crippen LogP contribution is -1.81. The van der Waals surface area contributed by atoms with E-state index in [9.17, 15) is 0 Å². The molecule has 1 nitrogen and oxygen atoms in total. The summed E-state index contributed by atoms with van der Waals surface area (Å²) in [4.78, 5) is 0. The van der Waals surface area contributed by atoms with Gasteiger partial charge in [0.2, 0.25) is 0 Å². The maximum atomic E-state index is 7.00. The van der Waals surface area contributed by atoms with Crippen LogP contribution in [0.4, 0.5) is 0 Å². The van der Waals surface area contributed by atoms with E-state index in [0.717, 1.165) is 7.11 Å². The van der Waals surface area contributed by atoms with E-state index < -0.39 is 3.25 Å². The van der Waals surface area contributed by atoms with Crippen molar-refractivity contribution in [2.45, 2.75) is 42.8 Å². The molecule has 0 aliphatic carbocycles. The van der Waals surface area contributed by atoms with E-state index in [-0.39, 0.29) is 0 Å². The molecule has 0 amide bonds. The van der Waals surface area contributed by atoms with Crippen molar-refractivity contribution in [1.29, 1.82) is 0 Å². The molecule has 0 unspecified atom stereocenters. The van der Waals surface area contributed by atoms with Crippen LogP contribution in [0.2, 0.25) is 0 Å². The number of hydrogen-bond donors (Lipinski definition) is 1. The van der Waals surface area contributed by atoms with Crippen LogP contribution in [0.1, 0.15) is 39.5 Å². The predicted octanol–water partition coefficient (Wildman–Crippen LogP) is 4.75. The molecule has 0 radical (unpaired) electrons. The van der Waals surface area contributed by atoms with Gasteiger partial charge in [0, 0.05) is 7.11 Å². The summed E-state index contributed by atoms with van der Waals surface area (Å²) in [5.74, 6) is 0. The summed E-state index contributed by atoms with van der Waals surface area (Å²) in [6.07, 6.45) is 5.54. The van der Waals surface area contributed by atoms with Gasteiger partial charge in [-0.3, -0.25) is 0 Å². The largest absolute Gasteiger partial charge is 0.400 e. The summed E-state index contributed by atoms with van der Waals surface area (Å²) in [6.45, 7) is 4.46. The number of aliphatic hydroxyl groups excluding tert-OH is 1. The summed E-state index contributed by atoms with van der Waals surface area (Å²) < 4.78 is -1.61. The summed E-state index contributed by atoms with van der Waals surface area (Å²) in [7, 11) is 1.00. The lowest BCUT2D eigenvalue weighted by atomic mass is 10.2. The van der Waals surface area contributed by atoms with Gasteiger partial charge in [-0.25, -0.2) is 0 Å². The Bertz CT molecular complexity index is 63.0. The third-order valence-electron chi connectivity index (χ3n) is 0.957. The van der Waals surface area contributed by atoms with Crippen molar-refractivity contribution in [2.75, 3.05) is 7.11 Å². The highest BCUT2D eigenvalue weighted by molar-refractivity contribution is 6.83. The first-order valence-corrected chi connectivity index (χ1v) is 5.63. The van der Waals surface area contributed by atoms with Crippen LogP contribution in [0.15, 0.2) is 0 Å². The Morgan fingerprint density at radius 2 is 1.00 bits per heavy atom. The van der Waals surface area contributed by atoms with Crippen molar-refractivity contribution in [1.82, 2.24) is 0 Å². The quantitative estimate of drug-likeness (QED) is 0.580. The van der Waals surface area contributed by atoms with Gasteiger partial charge >= 0.3 is 0 Å². The van der Waals surface area contributed by atoms with Gasteiger partial charge in [-0.15, -0.1) is 0 Å². The van der Waals surface area contributed by atoms with E-state index in [0.29, 0.717) is 0 Å². The van der Waals surface area contributed by atoms with Crippen LogP contribution in [-0.4, -0.2) is 15.5 Å². The van der Waals surface area contributed by atoms with Crippen molar-refractivity contribution >= 4 is 46.4 Å².